The number of rotatable bonds is 2. The minimum atomic E-state index is -2.64. The van der Waals surface area contributed by atoms with Crippen LogP contribution in [0.5, 0.6) is 0 Å². The molecule has 4 rings (SSSR count). The van der Waals surface area contributed by atoms with Gasteiger partial charge in [0, 0.05) is 42.9 Å². The Kier molecular flexibility index (Phi) is 4.34. The maximum atomic E-state index is 14.2. The van der Waals surface area contributed by atoms with Crippen LogP contribution in [0, 0.1) is 11.8 Å². The van der Waals surface area contributed by atoms with Crippen molar-refractivity contribution >= 4 is 10.9 Å². The Morgan fingerprint density at radius 1 is 1.16 bits per heavy atom. The van der Waals surface area contributed by atoms with Crippen molar-refractivity contribution in [1.29, 1.82) is 0 Å². The average Bonchev–Trinajstić information content (AvgIpc) is 2.62. The van der Waals surface area contributed by atoms with Gasteiger partial charge in [0.05, 0.1) is 10.9 Å². The van der Waals surface area contributed by atoms with E-state index in [9.17, 15) is 13.6 Å². The van der Waals surface area contributed by atoms with Gasteiger partial charge in [0.2, 0.25) is 5.92 Å². The molecule has 0 aromatic carbocycles. The van der Waals surface area contributed by atoms with Crippen LogP contribution in [-0.2, 0) is 0 Å². The van der Waals surface area contributed by atoms with Gasteiger partial charge < -0.3 is 4.98 Å². The van der Waals surface area contributed by atoms with Gasteiger partial charge in [-0.05, 0) is 24.3 Å². The van der Waals surface area contributed by atoms with Gasteiger partial charge in [-0.2, -0.15) is 0 Å². The largest absolute Gasteiger partial charge is 0.358 e. The van der Waals surface area contributed by atoms with E-state index >= 15 is 0 Å². The molecule has 5 heteroatoms. The molecule has 2 heterocycles. The summed E-state index contributed by atoms with van der Waals surface area (Å²) >= 11 is 0. The molecule has 2 aromatic heterocycles. The number of H-pyrrole nitrogens is 1. The van der Waals surface area contributed by atoms with Crippen molar-refractivity contribution in [2.24, 2.45) is 11.8 Å². The van der Waals surface area contributed by atoms with Crippen LogP contribution in [0.4, 0.5) is 8.78 Å². The Morgan fingerprint density at radius 2 is 1.96 bits per heavy atom. The summed E-state index contributed by atoms with van der Waals surface area (Å²) in [7, 11) is 0. The van der Waals surface area contributed by atoms with E-state index in [1.54, 1.807) is 12.3 Å². The van der Waals surface area contributed by atoms with Crippen LogP contribution in [0.15, 0.2) is 29.3 Å². The van der Waals surface area contributed by atoms with Crippen molar-refractivity contribution < 1.29 is 8.78 Å². The number of hydrogen-bond donors (Lipinski definition) is 1. The van der Waals surface area contributed by atoms with Crippen molar-refractivity contribution in [3.8, 4) is 0 Å². The van der Waals surface area contributed by atoms with Gasteiger partial charge in [-0.25, -0.2) is 8.78 Å². The van der Waals surface area contributed by atoms with E-state index in [1.807, 2.05) is 0 Å². The molecule has 2 aliphatic rings. The Labute approximate surface area is 145 Å². The average molecular weight is 346 g/mol. The highest BCUT2D eigenvalue weighted by Crippen LogP contribution is 2.50. The summed E-state index contributed by atoms with van der Waals surface area (Å²) in [6, 6.07) is 3.28. The Morgan fingerprint density at radius 3 is 2.76 bits per heavy atom. The molecule has 2 saturated carbocycles. The van der Waals surface area contributed by atoms with Gasteiger partial charge in [0.1, 0.15) is 0 Å². The summed E-state index contributed by atoms with van der Waals surface area (Å²) < 4.78 is 28.4. The zero-order valence-electron chi connectivity index (χ0n) is 14.3. The standard InChI is InChI=1S/C20H24F2N2O/c21-20(22)8-6-14(13-4-2-1-3-5-13)15(11-20)18-10-19(25)16-12-23-9-7-17(16)24-18/h7,9-10,12-15H,1-6,8,11H2,(H,24,25)/t14-,15?/m0/s1. The number of aromatic amines is 1. The van der Waals surface area contributed by atoms with Crippen LogP contribution >= 0.6 is 0 Å². The Balaban J connectivity index is 1.74. The lowest BCUT2D eigenvalue weighted by atomic mass is 9.66. The Bertz CT molecular complexity index is 811. The summed E-state index contributed by atoms with van der Waals surface area (Å²) in [4.78, 5) is 19.7. The van der Waals surface area contributed by atoms with Gasteiger partial charge >= 0.3 is 0 Å². The lowest BCUT2D eigenvalue weighted by Gasteiger charge is -2.41. The van der Waals surface area contributed by atoms with E-state index in [2.05, 4.69) is 9.97 Å². The summed E-state index contributed by atoms with van der Waals surface area (Å²) in [5.41, 5.74) is 1.24. The SMILES string of the molecule is O=c1cc(C2CC(F)(F)CC[C@H]2C2CCCCC2)[nH]c2ccncc12. The van der Waals surface area contributed by atoms with Gasteiger partial charge in [0.15, 0.2) is 5.43 Å². The molecule has 0 saturated heterocycles. The first-order valence-corrected chi connectivity index (χ1v) is 9.38. The summed E-state index contributed by atoms with van der Waals surface area (Å²) in [6.45, 7) is 0. The first-order chi connectivity index (χ1) is 12.0. The predicted octanol–water partition coefficient (Wildman–Crippen LogP) is 5.02. The number of fused-ring (bicyclic) bond motifs is 1. The van der Waals surface area contributed by atoms with Gasteiger partial charge in [-0.15, -0.1) is 0 Å². The van der Waals surface area contributed by atoms with E-state index < -0.39 is 5.92 Å². The molecular formula is C20H24F2N2O. The third-order valence-corrected chi connectivity index (χ3v) is 6.19. The minimum absolute atomic E-state index is 0.0214. The zero-order chi connectivity index (χ0) is 17.4. The predicted molar refractivity (Wildman–Crippen MR) is 94.0 cm³/mol. The summed E-state index contributed by atoms with van der Waals surface area (Å²) in [6.07, 6.45) is 9.45. The molecule has 0 aliphatic heterocycles. The lowest BCUT2D eigenvalue weighted by molar-refractivity contribution is -0.0648. The third kappa shape index (κ3) is 3.33. The quantitative estimate of drug-likeness (QED) is 0.829. The fourth-order valence-electron chi connectivity index (χ4n) is 4.93. The number of halogens is 2. The minimum Gasteiger partial charge on any atom is -0.358 e. The van der Waals surface area contributed by atoms with E-state index in [0.717, 1.165) is 12.8 Å². The number of nitrogens with zero attached hydrogens (tertiary/aromatic N) is 1. The molecule has 2 atom stereocenters. The molecular weight excluding hydrogens is 322 g/mol. The second-order valence-electron chi connectivity index (χ2n) is 7.78. The highest BCUT2D eigenvalue weighted by atomic mass is 19.3. The van der Waals surface area contributed by atoms with Crippen molar-refractivity contribution in [2.45, 2.75) is 63.2 Å². The van der Waals surface area contributed by atoms with Crippen LogP contribution in [-0.4, -0.2) is 15.9 Å². The van der Waals surface area contributed by atoms with Crippen LogP contribution < -0.4 is 5.43 Å². The Hall–Kier alpha value is -1.78. The maximum Gasteiger partial charge on any atom is 0.248 e. The topological polar surface area (TPSA) is 45.8 Å². The maximum absolute atomic E-state index is 14.2. The monoisotopic (exact) mass is 346 g/mol. The number of aromatic nitrogens is 2. The number of pyridine rings is 2. The highest BCUT2D eigenvalue weighted by molar-refractivity contribution is 5.77. The molecule has 3 nitrogen and oxygen atoms in total. The van der Waals surface area contributed by atoms with Crippen molar-refractivity contribution in [2.75, 3.05) is 0 Å². The first kappa shape index (κ1) is 16.7. The van der Waals surface area contributed by atoms with E-state index in [0.29, 0.717) is 28.9 Å². The third-order valence-electron chi connectivity index (χ3n) is 6.19. The molecule has 134 valence electrons. The first-order valence-electron chi connectivity index (χ1n) is 9.38. The molecule has 0 radical (unpaired) electrons. The summed E-state index contributed by atoms with van der Waals surface area (Å²) in [5, 5.41) is 0.517. The number of alkyl halides is 2. The second kappa shape index (κ2) is 6.50. The zero-order valence-corrected chi connectivity index (χ0v) is 14.3. The van der Waals surface area contributed by atoms with Crippen molar-refractivity contribution in [3.63, 3.8) is 0 Å². The molecule has 0 bridgehead atoms. The fourth-order valence-corrected chi connectivity index (χ4v) is 4.93. The molecule has 0 spiro atoms. The van der Waals surface area contributed by atoms with Crippen LogP contribution in [0.3, 0.4) is 0 Å². The van der Waals surface area contributed by atoms with Gasteiger partial charge in [-0.1, -0.05) is 32.1 Å². The second-order valence-corrected chi connectivity index (χ2v) is 7.78. The van der Waals surface area contributed by atoms with Crippen molar-refractivity contribution in [1.82, 2.24) is 9.97 Å². The van der Waals surface area contributed by atoms with Crippen molar-refractivity contribution in [3.05, 3.63) is 40.4 Å². The van der Waals surface area contributed by atoms with E-state index in [-0.39, 0.29) is 30.1 Å². The summed E-state index contributed by atoms with van der Waals surface area (Å²) in [5.74, 6) is -2.15. The molecule has 2 fully saturated rings. The number of nitrogens with one attached hydrogen (secondary N) is 1. The normalized spacial score (nSPS) is 27.4. The molecule has 1 N–H and O–H groups in total. The van der Waals surface area contributed by atoms with Crippen LogP contribution in [0.1, 0.15) is 63.0 Å². The molecule has 2 aliphatic carbocycles. The molecule has 2 aromatic rings. The van der Waals surface area contributed by atoms with Crippen LogP contribution in [0.2, 0.25) is 0 Å². The lowest BCUT2D eigenvalue weighted by Crippen LogP contribution is -2.36. The van der Waals surface area contributed by atoms with Gasteiger partial charge in [-0.3, -0.25) is 9.78 Å². The fraction of sp³-hybridized carbons (Fsp3) is 0.600. The van der Waals surface area contributed by atoms with E-state index in [4.69, 9.17) is 0 Å². The smallest absolute Gasteiger partial charge is 0.248 e. The molecule has 0 amide bonds. The van der Waals surface area contributed by atoms with Gasteiger partial charge in [0.25, 0.3) is 0 Å². The van der Waals surface area contributed by atoms with Crippen LogP contribution in [0.25, 0.3) is 10.9 Å². The highest BCUT2D eigenvalue weighted by Gasteiger charge is 2.45. The molecule has 1 unspecified atom stereocenters. The number of hydrogen-bond acceptors (Lipinski definition) is 2. The molecule has 25 heavy (non-hydrogen) atoms. The van der Waals surface area contributed by atoms with E-state index in [1.165, 1.54) is 31.5 Å².